The minimum atomic E-state index is -0.124. The maximum absolute atomic E-state index is 11.3. The Kier molecular flexibility index (Phi) is 2.30. The molecule has 1 aromatic carbocycles. The third kappa shape index (κ3) is 1.72. The number of fused-ring (bicyclic) bond motifs is 1. The highest BCUT2D eigenvalue weighted by Crippen LogP contribution is 2.22. The smallest absolute Gasteiger partial charge is 0.248 e. The van der Waals surface area contributed by atoms with Crippen molar-refractivity contribution in [3.8, 4) is 11.5 Å². The Bertz CT molecular complexity index is 783. The Morgan fingerprint density at radius 1 is 1.11 bits per heavy atom. The lowest BCUT2D eigenvalue weighted by molar-refractivity contribution is 1.19. The number of pyridine rings is 1. The molecule has 0 amide bonds. The predicted octanol–water partition coefficient (Wildman–Crippen LogP) is 2.54. The summed E-state index contributed by atoms with van der Waals surface area (Å²) in [5, 5.41) is 0. The molecule has 0 saturated carbocycles. The molecule has 2 heterocycles. The van der Waals surface area contributed by atoms with Crippen LogP contribution in [-0.4, -0.2) is 15.0 Å². The van der Waals surface area contributed by atoms with Crippen LogP contribution in [0.15, 0.2) is 35.1 Å². The molecule has 2 N–H and O–H groups in total. The van der Waals surface area contributed by atoms with Crippen molar-refractivity contribution < 1.29 is 0 Å². The first-order chi connectivity index (χ1) is 8.63. The van der Waals surface area contributed by atoms with Crippen molar-refractivity contribution in [2.45, 2.75) is 13.8 Å². The monoisotopic (exact) mass is 239 g/mol. The molecule has 0 fully saturated rings. The van der Waals surface area contributed by atoms with E-state index in [1.54, 1.807) is 6.07 Å². The van der Waals surface area contributed by atoms with Crippen LogP contribution in [0.2, 0.25) is 0 Å². The third-order valence-corrected chi connectivity index (χ3v) is 2.94. The molecule has 4 heteroatoms. The molecule has 0 aliphatic carbocycles. The second-order valence-corrected chi connectivity index (χ2v) is 4.49. The number of aryl methyl sites for hydroxylation is 2. The average molecular weight is 239 g/mol. The molecule has 90 valence electrons. The first-order valence-corrected chi connectivity index (χ1v) is 5.80. The summed E-state index contributed by atoms with van der Waals surface area (Å²) in [6, 6.07) is 9.20. The molecular weight excluding hydrogens is 226 g/mol. The van der Waals surface area contributed by atoms with Gasteiger partial charge in [-0.3, -0.25) is 4.79 Å². The van der Waals surface area contributed by atoms with Gasteiger partial charge in [-0.05, 0) is 37.1 Å². The zero-order chi connectivity index (χ0) is 12.7. The lowest BCUT2D eigenvalue weighted by Crippen LogP contribution is -2.03. The Morgan fingerprint density at radius 2 is 1.94 bits per heavy atom. The normalized spacial score (nSPS) is 11.0. The SMILES string of the molecule is Cc1cc(C)c2nc(-c3cccc(=O)[nH]3)[nH]c2c1. The summed E-state index contributed by atoms with van der Waals surface area (Å²) in [5.74, 6) is 0.691. The molecule has 0 unspecified atom stereocenters. The summed E-state index contributed by atoms with van der Waals surface area (Å²) in [6.45, 7) is 4.09. The first-order valence-electron chi connectivity index (χ1n) is 5.80. The van der Waals surface area contributed by atoms with Crippen LogP contribution < -0.4 is 5.56 Å². The Hall–Kier alpha value is -2.36. The fraction of sp³-hybridized carbons (Fsp3) is 0.143. The zero-order valence-electron chi connectivity index (χ0n) is 10.2. The maximum Gasteiger partial charge on any atom is 0.248 e. The van der Waals surface area contributed by atoms with Gasteiger partial charge in [-0.15, -0.1) is 0 Å². The van der Waals surface area contributed by atoms with Gasteiger partial charge in [-0.25, -0.2) is 4.98 Å². The second-order valence-electron chi connectivity index (χ2n) is 4.49. The molecular formula is C14H13N3O. The highest BCUT2D eigenvalue weighted by Gasteiger charge is 2.08. The summed E-state index contributed by atoms with van der Waals surface area (Å²) >= 11 is 0. The van der Waals surface area contributed by atoms with E-state index in [0.29, 0.717) is 11.5 Å². The van der Waals surface area contributed by atoms with Crippen molar-refractivity contribution in [2.75, 3.05) is 0 Å². The molecule has 0 radical (unpaired) electrons. The minimum Gasteiger partial charge on any atom is -0.337 e. The fourth-order valence-electron chi connectivity index (χ4n) is 2.18. The van der Waals surface area contributed by atoms with Crippen LogP contribution >= 0.6 is 0 Å². The van der Waals surface area contributed by atoms with Gasteiger partial charge >= 0.3 is 0 Å². The van der Waals surface area contributed by atoms with Crippen molar-refractivity contribution in [3.63, 3.8) is 0 Å². The van der Waals surface area contributed by atoms with Gasteiger partial charge in [0.2, 0.25) is 5.56 Å². The van der Waals surface area contributed by atoms with Gasteiger partial charge < -0.3 is 9.97 Å². The number of aromatic nitrogens is 3. The highest BCUT2D eigenvalue weighted by atomic mass is 16.1. The molecule has 3 aromatic rings. The van der Waals surface area contributed by atoms with Crippen LogP contribution in [0, 0.1) is 13.8 Å². The van der Waals surface area contributed by atoms with E-state index in [1.807, 2.05) is 13.0 Å². The van der Waals surface area contributed by atoms with E-state index in [4.69, 9.17) is 0 Å². The number of rotatable bonds is 1. The van der Waals surface area contributed by atoms with Crippen LogP contribution in [-0.2, 0) is 0 Å². The third-order valence-electron chi connectivity index (χ3n) is 2.94. The maximum atomic E-state index is 11.3. The minimum absolute atomic E-state index is 0.124. The lowest BCUT2D eigenvalue weighted by Gasteiger charge is -1.96. The van der Waals surface area contributed by atoms with Gasteiger partial charge in [0.05, 0.1) is 16.7 Å². The largest absolute Gasteiger partial charge is 0.337 e. The van der Waals surface area contributed by atoms with E-state index in [-0.39, 0.29) is 5.56 Å². The number of benzene rings is 1. The quantitative estimate of drug-likeness (QED) is 0.685. The van der Waals surface area contributed by atoms with E-state index in [2.05, 4.69) is 34.0 Å². The molecule has 3 rings (SSSR count). The van der Waals surface area contributed by atoms with Gasteiger partial charge in [0, 0.05) is 6.07 Å². The van der Waals surface area contributed by atoms with Crippen molar-refractivity contribution in [1.29, 1.82) is 0 Å². The van der Waals surface area contributed by atoms with Crippen LogP contribution in [0.5, 0.6) is 0 Å². The number of hydrogen-bond acceptors (Lipinski definition) is 2. The average Bonchev–Trinajstić information content (AvgIpc) is 2.73. The number of imidazole rings is 1. The highest BCUT2D eigenvalue weighted by molar-refractivity contribution is 5.82. The number of hydrogen-bond donors (Lipinski definition) is 2. The summed E-state index contributed by atoms with van der Waals surface area (Å²) in [4.78, 5) is 21.9. The summed E-state index contributed by atoms with van der Waals surface area (Å²) in [7, 11) is 0. The van der Waals surface area contributed by atoms with E-state index < -0.39 is 0 Å². The molecule has 0 aliphatic heterocycles. The molecule has 2 aromatic heterocycles. The van der Waals surface area contributed by atoms with E-state index in [0.717, 1.165) is 16.6 Å². The van der Waals surface area contributed by atoms with Crippen LogP contribution in [0.25, 0.3) is 22.6 Å². The molecule has 0 atom stereocenters. The Labute approximate surface area is 104 Å². The van der Waals surface area contributed by atoms with Crippen LogP contribution in [0.4, 0.5) is 0 Å². The van der Waals surface area contributed by atoms with Crippen LogP contribution in [0.1, 0.15) is 11.1 Å². The number of aromatic amines is 2. The van der Waals surface area contributed by atoms with Crippen molar-refractivity contribution in [1.82, 2.24) is 15.0 Å². The zero-order valence-corrected chi connectivity index (χ0v) is 10.2. The number of H-pyrrole nitrogens is 2. The Morgan fingerprint density at radius 3 is 2.72 bits per heavy atom. The van der Waals surface area contributed by atoms with Crippen molar-refractivity contribution in [2.24, 2.45) is 0 Å². The number of nitrogens with zero attached hydrogens (tertiary/aromatic N) is 1. The Balaban J connectivity index is 2.25. The first kappa shape index (κ1) is 10.8. The van der Waals surface area contributed by atoms with Gasteiger partial charge in [-0.2, -0.15) is 0 Å². The van der Waals surface area contributed by atoms with Crippen molar-refractivity contribution in [3.05, 3.63) is 51.8 Å². The van der Waals surface area contributed by atoms with Crippen LogP contribution in [0.3, 0.4) is 0 Å². The molecule has 0 aliphatic rings. The second kappa shape index (κ2) is 3.84. The molecule has 0 bridgehead atoms. The lowest BCUT2D eigenvalue weighted by atomic mass is 10.1. The molecule has 18 heavy (non-hydrogen) atoms. The molecule has 0 spiro atoms. The predicted molar refractivity (Wildman–Crippen MR) is 71.6 cm³/mol. The van der Waals surface area contributed by atoms with Gasteiger partial charge in [-0.1, -0.05) is 12.1 Å². The summed E-state index contributed by atoms with van der Waals surface area (Å²) in [6.07, 6.45) is 0. The molecule has 0 saturated heterocycles. The van der Waals surface area contributed by atoms with E-state index in [9.17, 15) is 4.79 Å². The summed E-state index contributed by atoms with van der Waals surface area (Å²) < 4.78 is 0. The van der Waals surface area contributed by atoms with E-state index in [1.165, 1.54) is 11.6 Å². The van der Waals surface area contributed by atoms with Gasteiger partial charge in [0.15, 0.2) is 5.82 Å². The summed E-state index contributed by atoms with van der Waals surface area (Å²) in [5.41, 5.74) is 4.84. The number of nitrogens with one attached hydrogen (secondary N) is 2. The van der Waals surface area contributed by atoms with Crippen molar-refractivity contribution >= 4 is 11.0 Å². The molecule has 4 nitrogen and oxygen atoms in total. The topological polar surface area (TPSA) is 61.5 Å². The van der Waals surface area contributed by atoms with Gasteiger partial charge in [0.25, 0.3) is 0 Å². The van der Waals surface area contributed by atoms with E-state index >= 15 is 0 Å². The van der Waals surface area contributed by atoms with Gasteiger partial charge in [0.1, 0.15) is 0 Å². The standard InChI is InChI=1S/C14H13N3O/c1-8-6-9(2)13-11(7-8)16-14(17-13)10-4-3-5-12(18)15-10/h3-7H,1-2H3,(H,15,18)(H,16,17). The fourth-order valence-corrected chi connectivity index (χ4v) is 2.18.